The number of nitrogens with one attached hydrogen (secondary N) is 1. The Hall–Kier alpha value is -2.53. The van der Waals surface area contributed by atoms with Gasteiger partial charge in [0.05, 0.1) is 13.7 Å². The number of ether oxygens (including phenoxy) is 1. The highest BCUT2D eigenvalue weighted by molar-refractivity contribution is 6.31. The minimum atomic E-state index is -0.250. The summed E-state index contributed by atoms with van der Waals surface area (Å²) in [7, 11) is 1.62. The van der Waals surface area contributed by atoms with Gasteiger partial charge in [0.15, 0.2) is 0 Å². The van der Waals surface area contributed by atoms with Crippen molar-refractivity contribution in [2.24, 2.45) is 0 Å². The van der Waals surface area contributed by atoms with Gasteiger partial charge >= 0.3 is 0 Å². The molecule has 0 aliphatic rings. The number of carbonyl (C=O) groups excluding carboxylic acids is 2. The van der Waals surface area contributed by atoms with Gasteiger partial charge in [0.1, 0.15) is 5.75 Å². The molecule has 0 saturated heterocycles. The first-order valence-electron chi connectivity index (χ1n) is 8.33. The standard InChI is InChI=1S/C20H23ClN2O3/c1-14-4-7-17(21)12-19(14)22-20(25)13-23(15(2)24)11-10-16-5-8-18(26-3)9-6-16/h4-9,12H,10-11,13H2,1-3H3,(H,22,25). The summed E-state index contributed by atoms with van der Waals surface area (Å²) in [5.74, 6) is 0.394. The SMILES string of the molecule is COc1ccc(CCN(CC(=O)Nc2cc(Cl)ccc2C)C(C)=O)cc1. The molecule has 2 amide bonds. The monoisotopic (exact) mass is 374 g/mol. The maximum absolute atomic E-state index is 12.3. The molecule has 1 N–H and O–H groups in total. The van der Waals surface area contributed by atoms with Gasteiger partial charge in [-0.3, -0.25) is 9.59 Å². The van der Waals surface area contributed by atoms with E-state index in [0.717, 1.165) is 16.9 Å². The number of aryl methyl sites for hydroxylation is 1. The molecule has 0 radical (unpaired) electrons. The molecule has 0 heterocycles. The quantitative estimate of drug-likeness (QED) is 0.804. The van der Waals surface area contributed by atoms with Crippen LogP contribution in [0.1, 0.15) is 18.1 Å². The number of rotatable bonds is 7. The van der Waals surface area contributed by atoms with Crippen LogP contribution in [-0.4, -0.2) is 36.9 Å². The average molecular weight is 375 g/mol. The number of carbonyl (C=O) groups is 2. The molecule has 0 spiro atoms. The van der Waals surface area contributed by atoms with Crippen LogP contribution in [0.2, 0.25) is 5.02 Å². The summed E-state index contributed by atoms with van der Waals surface area (Å²) in [5.41, 5.74) is 2.64. The lowest BCUT2D eigenvalue weighted by Crippen LogP contribution is -2.38. The van der Waals surface area contributed by atoms with Crippen LogP contribution in [0.15, 0.2) is 42.5 Å². The van der Waals surface area contributed by atoms with Crippen molar-refractivity contribution in [2.45, 2.75) is 20.3 Å². The van der Waals surface area contributed by atoms with Gasteiger partial charge in [-0.2, -0.15) is 0 Å². The molecule has 2 aromatic rings. The fourth-order valence-corrected chi connectivity index (χ4v) is 2.67. The molecule has 0 atom stereocenters. The van der Waals surface area contributed by atoms with E-state index >= 15 is 0 Å². The fraction of sp³-hybridized carbons (Fsp3) is 0.300. The fourth-order valence-electron chi connectivity index (χ4n) is 2.50. The first kappa shape index (κ1) is 19.8. The summed E-state index contributed by atoms with van der Waals surface area (Å²) in [6.07, 6.45) is 0.660. The van der Waals surface area contributed by atoms with Gasteiger partial charge in [0, 0.05) is 24.2 Å². The molecule has 0 unspecified atom stereocenters. The lowest BCUT2D eigenvalue weighted by molar-refractivity contribution is -0.132. The Bertz CT molecular complexity index is 775. The number of anilines is 1. The summed E-state index contributed by atoms with van der Waals surface area (Å²) >= 11 is 5.97. The molecule has 0 bridgehead atoms. The van der Waals surface area contributed by atoms with Gasteiger partial charge in [0.25, 0.3) is 0 Å². The lowest BCUT2D eigenvalue weighted by Gasteiger charge is -2.21. The van der Waals surface area contributed by atoms with Crippen LogP contribution in [-0.2, 0) is 16.0 Å². The van der Waals surface area contributed by atoms with Gasteiger partial charge in [0.2, 0.25) is 11.8 Å². The van der Waals surface area contributed by atoms with E-state index in [1.54, 1.807) is 19.2 Å². The zero-order chi connectivity index (χ0) is 19.1. The zero-order valence-electron chi connectivity index (χ0n) is 15.2. The molecule has 0 aliphatic heterocycles. The van der Waals surface area contributed by atoms with Crippen LogP contribution in [0.25, 0.3) is 0 Å². The summed E-state index contributed by atoms with van der Waals surface area (Å²) in [6.45, 7) is 3.81. The smallest absolute Gasteiger partial charge is 0.244 e. The Morgan fingerprint density at radius 1 is 1.15 bits per heavy atom. The lowest BCUT2D eigenvalue weighted by atomic mass is 10.1. The molecule has 138 valence electrons. The summed E-state index contributed by atoms with van der Waals surface area (Å²) < 4.78 is 5.13. The van der Waals surface area contributed by atoms with Gasteiger partial charge in [-0.15, -0.1) is 0 Å². The number of methoxy groups -OCH3 is 1. The highest BCUT2D eigenvalue weighted by Crippen LogP contribution is 2.20. The van der Waals surface area contributed by atoms with Crippen LogP contribution < -0.4 is 10.1 Å². The summed E-state index contributed by atoms with van der Waals surface area (Å²) in [5, 5.41) is 3.37. The topological polar surface area (TPSA) is 58.6 Å². The Morgan fingerprint density at radius 3 is 2.46 bits per heavy atom. The maximum Gasteiger partial charge on any atom is 0.244 e. The van der Waals surface area contributed by atoms with Crippen LogP contribution >= 0.6 is 11.6 Å². The van der Waals surface area contributed by atoms with E-state index in [1.165, 1.54) is 11.8 Å². The summed E-state index contributed by atoms with van der Waals surface area (Å²) in [4.78, 5) is 25.7. The van der Waals surface area contributed by atoms with Crippen molar-refractivity contribution in [1.29, 1.82) is 0 Å². The first-order chi connectivity index (χ1) is 12.4. The number of halogens is 1. The second-order valence-corrected chi connectivity index (χ2v) is 6.48. The minimum Gasteiger partial charge on any atom is -0.497 e. The third-order valence-corrected chi connectivity index (χ3v) is 4.32. The van der Waals surface area contributed by atoms with Crippen LogP contribution in [0.3, 0.4) is 0 Å². The van der Waals surface area contributed by atoms with Gasteiger partial charge in [-0.1, -0.05) is 29.8 Å². The van der Waals surface area contributed by atoms with Crippen LogP contribution in [0.5, 0.6) is 5.75 Å². The maximum atomic E-state index is 12.3. The van der Waals surface area contributed by atoms with E-state index in [1.807, 2.05) is 37.3 Å². The molecule has 2 rings (SSSR count). The Balaban J connectivity index is 1.95. The van der Waals surface area contributed by atoms with Crippen molar-refractivity contribution >= 4 is 29.1 Å². The Kier molecular flexibility index (Phi) is 7.04. The minimum absolute atomic E-state index is 0.00254. The predicted molar refractivity (Wildman–Crippen MR) is 104 cm³/mol. The van der Waals surface area contributed by atoms with E-state index in [-0.39, 0.29) is 18.4 Å². The molecule has 0 saturated carbocycles. The molecule has 5 nitrogen and oxygen atoms in total. The second-order valence-electron chi connectivity index (χ2n) is 6.05. The highest BCUT2D eigenvalue weighted by atomic mass is 35.5. The van der Waals surface area contributed by atoms with Crippen molar-refractivity contribution < 1.29 is 14.3 Å². The van der Waals surface area contributed by atoms with Gasteiger partial charge in [-0.05, 0) is 48.7 Å². The first-order valence-corrected chi connectivity index (χ1v) is 8.71. The number of hydrogen-bond donors (Lipinski definition) is 1. The molecule has 0 aliphatic carbocycles. The predicted octanol–water partition coefficient (Wildman–Crippen LogP) is 3.69. The number of amides is 2. The normalized spacial score (nSPS) is 10.3. The van der Waals surface area contributed by atoms with Crippen molar-refractivity contribution in [3.8, 4) is 5.75 Å². The molecular formula is C20H23ClN2O3. The highest BCUT2D eigenvalue weighted by Gasteiger charge is 2.14. The van der Waals surface area contributed by atoms with Crippen molar-refractivity contribution in [3.63, 3.8) is 0 Å². The molecule has 0 aromatic heterocycles. The Morgan fingerprint density at radius 2 is 1.85 bits per heavy atom. The molecule has 0 fully saturated rings. The van der Waals surface area contributed by atoms with E-state index in [2.05, 4.69) is 5.32 Å². The van der Waals surface area contributed by atoms with Gasteiger partial charge in [-0.25, -0.2) is 0 Å². The van der Waals surface area contributed by atoms with Crippen molar-refractivity contribution in [3.05, 3.63) is 58.6 Å². The number of hydrogen-bond acceptors (Lipinski definition) is 3. The third-order valence-electron chi connectivity index (χ3n) is 4.08. The van der Waals surface area contributed by atoms with Crippen LogP contribution in [0.4, 0.5) is 5.69 Å². The third kappa shape index (κ3) is 5.77. The molecular weight excluding hydrogens is 352 g/mol. The second kappa shape index (κ2) is 9.25. The van der Waals surface area contributed by atoms with Crippen LogP contribution in [0, 0.1) is 6.92 Å². The van der Waals surface area contributed by atoms with Crippen molar-refractivity contribution in [2.75, 3.05) is 25.5 Å². The Labute approximate surface area is 158 Å². The van der Waals surface area contributed by atoms with Gasteiger partial charge < -0.3 is 15.0 Å². The molecule has 26 heavy (non-hydrogen) atoms. The zero-order valence-corrected chi connectivity index (χ0v) is 16.0. The largest absolute Gasteiger partial charge is 0.497 e. The van der Waals surface area contributed by atoms with E-state index in [0.29, 0.717) is 23.7 Å². The number of benzene rings is 2. The summed E-state index contributed by atoms with van der Waals surface area (Å²) in [6, 6.07) is 13.0. The molecule has 2 aromatic carbocycles. The number of nitrogens with zero attached hydrogens (tertiary/aromatic N) is 1. The van der Waals surface area contributed by atoms with E-state index in [9.17, 15) is 9.59 Å². The average Bonchev–Trinajstić information content (AvgIpc) is 2.62. The van der Waals surface area contributed by atoms with E-state index < -0.39 is 0 Å². The van der Waals surface area contributed by atoms with Crippen molar-refractivity contribution in [1.82, 2.24) is 4.90 Å². The molecule has 6 heteroatoms. The van der Waals surface area contributed by atoms with E-state index in [4.69, 9.17) is 16.3 Å².